The first kappa shape index (κ1) is 24.5. The third kappa shape index (κ3) is 3.80. The van der Waals surface area contributed by atoms with Gasteiger partial charge >= 0.3 is 0 Å². The summed E-state index contributed by atoms with van der Waals surface area (Å²) in [6, 6.07) is 52.8. The molecule has 0 saturated carbocycles. The van der Waals surface area contributed by atoms with Gasteiger partial charge in [-0.05, 0) is 90.2 Å². The van der Waals surface area contributed by atoms with E-state index >= 15 is 0 Å². The lowest BCUT2D eigenvalue weighted by atomic mass is 9.98. The van der Waals surface area contributed by atoms with Gasteiger partial charge in [0, 0.05) is 33.2 Å². The lowest BCUT2D eigenvalue weighted by Crippen LogP contribution is -1.97. The summed E-state index contributed by atoms with van der Waals surface area (Å²) in [6.45, 7) is 4.43. The molecule has 0 aliphatic heterocycles. The summed E-state index contributed by atoms with van der Waals surface area (Å²) in [5, 5.41) is 3.87. The summed E-state index contributed by atoms with van der Waals surface area (Å²) in [7, 11) is 0. The van der Waals surface area contributed by atoms with Crippen LogP contribution in [0.15, 0.2) is 146 Å². The van der Waals surface area contributed by atoms with Crippen LogP contribution in [0.3, 0.4) is 0 Å². The van der Waals surface area contributed by atoms with Crippen molar-refractivity contribution in [1.29, 1.82) is 0 Å². The van der Waals surface area contributed by atoms with Gasteiger partial charge in [-0.2, -0.15) is 0 Å². The highest BCUT2D eigenvalue weighted by Gasteiger charge is 2.14. The molecular formula is C40H30N2. The van der Waals surface area contributed by atoms with Crippen molar-refractivity contribution in [3.05, 3.63) is 157 Å². The zero-order valence-electron chi connectivity index (χ0n) is 23.8. The molecule has 200 valence electrons. The molecule has 0 aliphatic carbocycles. The van der Waals surface area contributed by atoms with Gasteiger partial charge in [0.15, 0.2) is 0 Å². The van der Waals surface area contributed by atoms with Gasteiger partial charge in [-0.25, -0.2) is 0 Å². The summed E-state index contributed by atoms with van der Waals surface area (Å²) < 4.78 is 4.76. The number of fused-ring (bicyclic) bond motifs is 4. The van der Waals surface area contributed by atoms with Crippen LogP contribution < -0.4 is 0 Å². The van der Waals surface area contributed by atoms with Gasteiger partial charge in [0.2, 0.25) is 0 Å². The molecule has 2 nitrogen and oxygen atoms in total. The largest absolute Gasteiger partial charge is 0.314 e. The average Bonchev–Trinajstić information content (AvgIpc) is 3.52. The van der Waals surface area contributed by atoms with Gasteiger partial charge in [-0.15, -0.1) is 0 Å². The Morgan fingerprint density at radius 1 is 0.357 bits per heavy atom. The quantitative estimate of drug-likeness (QED) is 0.211. The molecule has 0 fully saturated rings. The molecule has 2 heterocycles. The Hall–Kier alpha value is -5.34. The second-order valence-corrected chi connectivity index (χ2v) is 11.1. The van der Waals surface area contributed by atoms with Gasteiger partial charge in [0.25, 0.3) is 0 Å². The van der Waals surface area contributed by atoms with E-state index in [2.05, 4.69) is 169 Å². The topological polar surface area (TPSA) is 9.86 Å². The van der Waals surface area contributed by atoms with Crippen LogP contribution in [-0.4, -0.2) is 9.13 Å². The van der Waals surface area contributed by atoms with E-state index in [1.54, 1.807) is 0 Å². The fraction of sp³-hybridized carbons (Fsp3) is 0.0500. The van der Waals surface area contributed by atoms with Crippen molar-refractivity contribution in [2.75, 3.05) is 0 Å². The summed E-state index contributed by atoms with van der Waals surface area (Å²) in [5.41, 5.74) is 13.5. The summed E-state index contributed by atoms with van der Waals surface area (Å²) in [4.78, 5) is 0. The highest BCUT2D eigenvalue weighted by Crippen LogP contribution is 2.35. The van der Waals surface area contributed by atoms with Crippen molar-refractivity contribution < 1.29 is 0 Å². The number of hydrogen-bond donors (Lipinski definition) is 0. The fourth-order valence-electron chi connectivity index (χ4n) is 6.59. The van der Waals surface area contributed by atoms with Gasteiger partial charge < -0.3 is 9.13 Å². The van der Waals surface area contributed by atoms with Gasteiger partial charge in [0.05, 0.1) is 16.6 Å². The van der Waals surface area contributed by atoms with E-state index in [1.807, 2.05) is 0 Å². The number of hydrogen-bond acceptors (Lipinski definition) is 0. The number of para-hydroxylation sites is 3. The summed E-state index contributed by atoms with van der Waals surface area (Å²) >= 11 is 0. The Morgan fingerprint density at radius 2 is 0.762 bits per heavy atom. The Labute approximate surface area is 245 Å². The van der Waals surface area contributed by atoms with E-state index in [0.717, 1.165) is 0 Å². The Bertz CT molecular complexity index is 2220. The maximum atomic E-state index is 2.38. The zero-order chi connectivity index (χ0) is 28.2. The molecule has 0 saturated heterocycles. The molecule has 2 aromatic heterocycles. The van der Waals surface area contributed by atoms with Crippen LogP contribution in [0.5, 0.6) is 0 Å². The fourth-order valence-corrected chi connectivity index (χ4v) is 6.59. The SMILES string of the molecule is Cc1c(C)n(-c2cccc(-c3cccc(-c4cccc(-n5c6ccccc6c6ccccc65)c4)c3)c2)c2ccccc12. The predicted octanol–water partition coefficient (Wildman–Crippen LogP) is 10.7. The number of nitrogens with zero attached hydrogens (tertiary/aromatic N) is 2. The van der Waals surface area contributed by atoms with Crippen LogP contribution in [0, 0.1) is 13.8 Å². The van der Waals surface area contributed by atoms with Crippen molar-refractivity contribution >= 4 is 32.7 Å². The number of aryl methyl sites for hydroxylation is 1. The molecule has 2 heteroatoms. The van der Waals surface area contributed by atoms with Gasteiger partial charge in [-0.3, -0.25) is 0 Å². The van der Waals surface area contributed by atoms with Crippen LogP contribution in [0.2, 0.25) is 0 Å². The van der Waals surface area contributed by atoms with Crippen molar-refractivity contribution in [2.24, 2.45) is 0 Å². The number of rotatable bonds is 4. The lowest BCUT2D eigenvalue weighted by molar-refractivity contribution is 1.04. The molecule has 0 bridgehead atoms. The predicted molar refractivity (Wildman–Crippen MR) is 178 cm³/mol. The minimum Gasteiger partial charge on any atom is -0.314 e. The molecule has 6 aromatic carbocycles. The van der Waals surface area contributed by atoms with Crippen molar-refractivity contribution in [3.8, 4) is 33.6 Å². The molecule has 42 heavy (non-hydrogen) atoms. The first-order valence-electron chi connectivity index (χ1n) is 14.5. The van der Waals surface area contributed by atoms with E-state index in [1.165, 1.54) is 77.6 Å². The average molecular weight is 539 g/mol. The molecular weight excluding hydrogens is 508 g/mol. The van der Waals surface area contributed by atoms with E-state index in [9.17, 15) is 0 Å². The molecule has 8 rings (SSSR count). The molecule has 0 unspecified atom stereocenters. The molecule has 0 N–H and O–H groups in total. The Morgan fingerprint density at radius 3 is 1.31 bits per heavy atom. The van der Waals surface area contributed by atoms with Crippen LogP contribution in [0.25, 0.3) is 66.3 Å². The molecule has 0 amide bonds. The van der Waals surface area contributed by atoms with E-state index < -0.39 is 0 Å². The maximum absolute atomic E-state index is 2.38. The number of aromatic nitrogens is 2. The standard InChI is InChI=1S/C40H30N2/c1-27-28(2)41(38-21-6-3-18-35(27)38)33-16-10-14-31(25-33)29-12-9-13-30(24-29)32-15-11-17-34(26-32)42-39-22-7-4-19-36(39)37-20-5-8-23-40(37)42/h3-26H,1-2H3. The Balaban J connectivity index is 1.22. The van der Waals surface area contributed by atoms with Gasteiger partial charge in [0.1, 0.15) is 0 Å². The third-order valence-electron chi connectivity index (χ3n) is 8.75. The number of benzene rings is 6. The monoisotopic (exact) mass is 538 g/mol. The van der Waals surface area contributed by atoms with E-state index in [0.29, 0.717) is 0 Å². The smallest absolute Gasteiger partial charge is 0.0541 e. The van der Waals surface area contributed by atoms with Crippen LogP contribution >= 0.6 is 0 Å². The molecule has 0 atom stereocenters. The summed E-state index contributed by atoms with van der Waals surface area (Å²) in [6.07, 6.45) is 0. The second kappa shape index (κ2) is 9.64. The van der Waals surface area contributed by atoms with Crippen molar-refractivity contribution in [1.82, 2.24) is 9.13 Å². The zero-order valence-corrected chi connectivity index (χ0v) is 23.8. The van der Waals surface area contributed by atoms with Crippen LogP contribution in [0.1, 0.15) is 11.3 Å². The lowest BCUT2D eigenvalue weighted by Gasteiger charge is -2.13. The van der Waals surface area contributed by atoms with Crippen molar-refractivity contribution in [3.63, 3.8) is 0 Å². The van der Waals surface area contributed by atoms with Crippen molar-refractivity contribution in [2.45, 2.75) is 13.8 Å². The van der Waals surface area contributed by atoms with Crippen LogP contribution in [-0.2, 0) is 0 Å². The van der Waals surface area contributed by atoms with E-state index in [-0.39, 0.29) is 0 Å². The van der Waals surface area contributed by atoms with E-state index in [4.69, 9.17) is 0 Å². The molecule has 0 radical (unpaired) electrons. The van der Waals surface area contributed by atoms with Crippen LogP contribution in [0.4, 0.5) is 0 Å². The van der Waals surface area contributed by atoms with Gasteiger partial charge in [-0.1, -0.05) is 97.1 Å². The minimum atomic E-state index is 1.17. The first-order chi connectivity index (χ1) is 20.7. The molecule has 8 aromatic rings. The highest BCUT2D eigenvalue weighted by molar-refractivity contribution is 6.09. The highest BCUT2D eigenvalue weighted by atomic mass is 15.0. The second-order valence-electron chi connectivity index (χ2n) is 11.1. The molecule has 0 aliphatic rings. The molecule has 0 spiro atoms. The first-order valence-corrected chi connectivity index (χ1v) is 14.5. The summed E-state index contributed by atoms with van der Waals surface area (Å²) in [5.74, 6) is 0. The third-order valence-corrected chi connectivity index (χ3v) is 8.75. The Kier molecular flexibility index (Phi) is 5.61. The minimum absolute atomic E-state index is 1.17. The normalized spacial score (nSPS) is 11.6. The maximum Gasteiger partial charge on any atom is 0.0541 e.